The Hall–Kier alpha value is -1.90. The van der Waals surface area contributed by atoms with Crippen molar-refractivity contribution < 1.29 is 14.3 Å². The molecule has 1 saturated carbocycles. The molecule has 3 nitrogen and oxygen atoms in total. The average molecular weight is 413 g/mol. The molecule has 0 aliphatic heterocycles. The summed E-state index contributed by atoms with van der Waals surface area (Å²) in [6, 6.07) is 0. The Morgan fingerprint density at radius 3 is 2.00 bits per heavy atom. The van der Waals surface area contributed by atoms with Crippen LogP contribution in [0.5, 0.6) is 0 Å². The first kappa shape index (κ1) is 24.4. The minimum Gasteiger partial charge on any atom is -0.500 e. The highest BCUT2D eigenvalue weighted by Crippen LogP contribution is 2.65. The third kappa shape index (κ3) is 3.88. The van der Waals surface area contributed by atoms with Gasteiger partial charge in [0.05, 0.1) is 12.5 Å². The molecule has 3 heteroatoms. The van der Waals surface area contributed by atoms with Crippen LogP contribution in [0.25, 0.3) is 0 Å². The zero-order valence-electron chi connectivity index (χ0n) is 20.4. The van der Waals surface area contributed by atoms with Crippen molar-refractivity contribution in [2.75, 3.05) is 7.11 Å². The third-order valence-corrected chi connectivity index (χ3v) is 7.40. The normalized spacial score (nSPS) is 29.6. The van der Waals surface area contributed by atoms with Gasteiger partial charge in [-0.25, -0.2) is 0 Å². The fourth-order valence-corrected chi connectivity index (χ4v) is 5.32. The summed E-state index contributed by atoms with van der Waals surface area (Å²) in [5.74, 6) is 0.693. The first-order chi connectivity index (χ1) is 13.8. The summed E-state index contributed by atoms with van der Waals surface area (Å²) in [6.45, 7) is 16.6. The standard InChI is InChI=1S/C27H40O3/c1-18(2)10-11-21-17-26(14-12-19(3)4)23(30-9)16-22(28)27(24(26)29,25(21,7)8)15-13-20(5)6/h10,12-13,16,21H,11,14-15,17H2,1-9H3/t21-,26+,27-/m0/s1. The summed E-state index contributed by atoms with van der Waals surface area (Å²) >= 11 is 0. The number of allylic oxidation sites excluding steroid dienone is 8. The molecule has 0 aromatic carbocycles. The number of ether oxygens (including phenoxy) is 1. The minimum absolute atomic E-state index is 0.0489. The highest BCUT2D eigenvalue weighted by molar-refractivity contribution is 6.18. The number of Topliss-reactive ketones (excluding diaryl/α,β-unsaturated/α-hetero) is 1. The second kappa shape index (κ2) is 8.69. The maximum Gasteiger partial charge on any atom is 0.173 e. The van der Waals surface area contributed by atoms with E-state index in [4.69, 9.17) is 4.74 Å². The number of hydrogen-bond acceptors (Lipinski definition) is 3. The summed E-state index contributed by atoms with van der Waals surface area (Å²) in [4.78, 5) is 28.0. The van der Waals surface area contributed by atoms with E-state index in [0.717, 1.165) is 12.0 Å². The van der Waals surface area contributed by atoms with E-state index in [1.54, 1.807) is 13.2 Å². The van der Waals surface area contributed by atoms with E-state index in [1.807, 2.05) is 13.8 Å². The fraction of sp³-hybridized carbons (Fsp3) is 0.630. The third-order valence-electron chi connectivity index (χ3n) is 7.40. The molecule has 0 heterocycles. The van der Waals surface area contributed by atoms with Crippen LogP contribution in [0.3, 0.4) is 0 Å². The predicted octanol–water partition coefficient (Wildman–Crippen LogP) is 6.76. The van der Waals surface area contributed by atoms with Gasteiger partial charge in [-0.3, -0.25) is 9.59 Å². The van der Waals surface area contributed by atoms with Gasteiger partial charge in [-0.15, -0.1) is 0 Å². The van der Waals surface area contributed by atoms with E-state index in [0.29, 0.717) is 25.0 Å². The molecular formula is C27H40O3. The van der Waals surface area contributed by atoms with Crippen molar-refractivity contribution in [2.45, 2.75) is 81.1 Å². The van der Waals surface area contributed by atoms with Crippen LogP contribution in [0.1, 0.15) is 81.1 Å². The molecule has 0 unspecified atom stereocenters. The molecule has 0 saturated heterocycles. The van der Waals surface area contributed by atoms with Gasteiger partial charge in [-0.1, -0.05) is 48.8 Å². The Morgan fingerprint density at radius 1 is 0.967 bits per heavy atom. The predicted molar refractivity (Wildman–Crippen MR) is 124 cm³/mol. The van der Waals surface area contributed by atoms with Crippen molar-refractivity contribution in [1.82, 2.24) is 0 Å². The lowest BCUT2D eigenvalue weighted by Crippen LogP contribution is -2.65. The molecule has 2 aliphatic carbocycles. The Balaban J connectivity index is 2.81. The zero-order valence-corrected chi connectivity index (χ0v) is 20.4. The summed E-state index contributed by atoms with van der Waals surface area (Å²) in [5.41, 5.74) is 1.28. The molecule has 1 fully saturated rings. The number of fused-ring (bicyclic) bond motifs is 2. The molecule has 0 radical (unpaired) electrons. The van der Waals surface area contributed by atoms with Gasteiger partial charge in [-0.2, -0.15) is 0 Å². The van der Waals surface area contributed by atoms with Crippen molar-refractivity contribution >= 4 is 11.6 Å². The Morgan fingerprint density at radius 2 is 1.50 bits per heavy atom. The van der Waals surface area contributed by atoms with E-state index in [-0.39, 0.29) is 17.5 Å². The Bertz CT molecular complexity index is 824. The van der Waals surface area contributed by atoms with Crippen LogP contribution >= 0.6 is 0 Å². The number of hydrogen-bond donors (Lipinski definition) is 0. The Labute approximate surface area is 183 Å². The second-order valence-electron chi connectivity index (χ2n) is 10.5. The van der Waals surface area contributed by atoms with Gasteiger partial charge in [0.15, 0.2) is 11.6 Å². The molecule has 0 N–H and O–H groups in total. The topological polar surface area (TPSA) is 43.4 Å². The van der Waals surface area contributed by atoms with Crippen LogP contribution in [0, 0.1) is 22.2 Å². The molecule has 166 valence electrons. The number of carbonyl (C=O) groups excluding carboxylic acids is 2. The van der Waals surface area contributed by atoms with Crippen molar-refractivity contribution in [1.29, 1.82) is 0 Å². The molecule has 0 aromatic rings. The number of carbonyl (C=O) groups is 2. The SMILES string of the molecule is COC1=CC(=O)[C@@]2(CC=C(C)C)C(=O)[C@]1(CC=C(C)C)C[C@H](CC=C(C)C)C2(C)C. The van der Waals surface area contributed by atoms with Crippen molar-refractivity contribution in [3.05, 3.63) is 46.8 Å². The summed E-state index contributed by atoms with van der Waals surface area (Å²) in [6.07, 6.45) is 10.7. The molecule has 0 amide bonds. The Kier molecular flexibility index (Phi) is 7.06. The van der Waals surface area contributed by atoms with Crippen molar-refractivity contribution in [2.24, 2.45) is 22.2 Å². The van der Waals surface area contributed by atoms with Gasteiger partial charge in [0.25, 0.3) is 0 Å². The highest BCUT2D eigenvalue weighted by Gasteiger charge is 2.70. The van der Waals surface area contributed by atoms with Crippen molar-refractivity contribution in [3.63, 3.8) is 0 Å². The van der Waals surface area contributed by atoms with Crippen LogP contribution in [-0.2, 0) is 14.3 Å². The molecule has 0 spiro atoms. The highest BCUT2D eigenvalue weighted by atomic mass is 16.5. The maximum absolute atomic E-state index is 14.3. The molecule has 2 aliphatic rings. The maximum atomic E-state index is 14.3. The summed E-state index contributed by atoms with van der Waals surface area (Å²) in [5, 5.41) is 0. The van der Waals surface area contributed by atoms with E-state index < -0.39 is 16.2 Å². The van der Waals surface area contributed by atoms with E-state index >= 15 is 0 Å². The van der Waals surface area contributed by atoms with Gasteiger partial charge in [-0.05, 0) is 78.6 Å². The molecule has 0 aromatic heterocycles. The van der Waals surface area contributed by atoms with Crippen LogP contribution in [0.2, 0.25) is 0 Å². The van der Waals surface area contributed by atoms with Gasteiger partial charge in [0.1, 0.15) is 11.2 Å². The molecule has 3 atom stereocenters. The monoisotopic (exact) mass is 412 g/mol. The van der Waals surface area contributed by atoms with E-state index in [1.165, 1.54) is 11.1 Å². The first-order valence-corrected chi connectivity index (χ1v) is 11.1. The lowest BCUT2D eigenvalue weighted by Gasteiger charge is -2.59. The summed E-state index contributed by atoms with van der Waals surface area (Å²) < 4.78 is 5.73. The minimum atomic E-state index is -1.06. The largest absolute Gasteiger partial charge is 0.500 e. The zero-order chi connectivity index (χ0) is 22.9. The van der Waals surface area contributed by atoms with Gasteiger partial charge in [0.2, 0.25) is 0 Å². The first-order valence-electron chi connectivity index (χ1n) is 11.1. The number of methoxy groups -OCH3 is 1. The lowest BCUT2D eigenvalue weighted by molar-refractivity contribution is -0.171. The van der Waals surface area contributed by atoms with Crippen LogP contribution in [-0.4, -0.2) is 18.7 Å². The quantitative estimate of drug-likeness (QED) is 0.343. The lowest BCUT2D eigenvalue weighted by atomic mass is 9.41. The van der Waals surface area contributed by atoms with E-state index in [9.17, 15) is 9.59 Å². The smallest absolute Gasteiger partial charge is 0.173 e. The molecule has 30 heavy (non-hydrogen) atoms. The van der Waals surface area contributed by atoms with Gasteiger partial charge in [0, 0.05) is 6.08 Å². The fourth-order valence-electron chi connectivity index (χ4n) is 5.32. The molecular weight excluding hydrogens is 372 g/mol. The van der Waals surface area contributed by atoms with Crippen LogP contribution in [0.4, 0.5) is 0 Å². The van der Waals surface area contributed by atoms with Gasteiger partial charge < -0.3 is 4.74 Å². The van der Waals surface area contributed by atoms with Gasteiger partial charge >= 0.3 is 0 Å². The summed E-state index contributed by atoms with van der Waals surface area (Å²) in [7, 11) is 1.59. The molecule has 2 bridgehead atoms. The average Bonchev–Trinajstić information content (AvgIpc) is 2.63. The van der Waals surface area contributed by atoms with Crippen LogP contribution in [0.15, 0.2) is 46.8 Å². The molecule has 2 rings (SSSR count). The van der Waals surface area contributed by atoms with E-state index in [2.05, 4.69) is 59.8 Å². The van der Waals surface area contributed by atoms with Crippen LogP contribution < -0.4 is 0 Å². The number of rotatable bonds is 7. The van der Waals surface area contributed by atoms with Crippen molar-refractivity contribution in [3.8, 4) is 0 Å². The number of ketones is 2. The second-order valence-corrected chi connectivity index (χ2v) is 10.5.